The predicted molar refractivity (Wildman–Crippen MR) is 224 cm³/mol. The lowest BCUT2D eigenvalue weighted by Gasteiger charge is -2.61. The SMILES string of the molecule is COc1ccc(CC(=O)N(CC2CCC3CC2C3(C)C)CC2(O)CCC3c4ccc(cc4C(=O)c4ccc(C)s4)CC(O)CCC(C)=CCCC32C)cc1OC. The van der Waals surface area contributed by atoms with Gasteiger partial charge in [0.05, 0.1) is 37.2 Å². The molecule has 0 spiro atoms. The zero-order chi connectivity index (χ0) is 40.0. The van der Waals surface area contributed by atoms with Crippen LogP contribution in [-0.2, 0) is 17.6 Å². The molecule has 1 aromatic heterocycles. The number of fused-ring (bicyclic) bond motifs is 10. The molecular formula is C48H63NO6S. The molecule has 4 saturated carbocycles. The number of aryl methyl sites for hydroxylation is 1. The van der Waals surface area contributed by atoms with Gasteiger partial charge in [-0.2, -0.15) is 0 Å². The molecule has 7 atom stereocenters. The number of carbonyl (C=O) groups excluding carboxylic acids is 2. The fourth-order valence-corrected chi connectivity index (χ4v) is 12.0. The van der Waals surface area contributed by atoms with Crippen LogP contribution in [0.15, 0.2) is 60.2 Å². The van der Waals surface area contributed by atoms with Crippen molar-refractivity contribution in [3.63, 3.8) is 0 Å². The van der Waals surface area contributed by atoms with Gasteiger partial charge in [0.15, 0.2) is 11.5 Å². The van der Waals surface area contributed by atoms with E-state index >= 15 is 0 Å². The lowest BCUT2D eigenvalue weighted by atomic mass is 9.45. The van der Waals surface area contributed by atoms with Crippen molar-refractivity contribution in [1.82, 2.24) is 4.90 Å². The second kappa shape index (κ2) is 16.1. The summed E-state index contributed by atoms with van der Waals surface area (Å²) in [6.07, 6.45) is 10.1. The molecule has 8 heteroatoms. The first-order valence-corrected chi connectivity index (χ1v) is 21.8. The monoisotopic (exact) mass is 781 g/mol. The van der Waals surface area contributed by atoms with Crippen LogP contribution in [0.2, 0.25) is 0 Å². The van der Waals surface area contributed by atoms with Gasteiger partial charge in [0.2, 0.25) is 11.7 Å². The van der Waals surface area contributed by atoms with E-state index in [1.165, 1.54) is 29.8 Å². The summed E-state index contributed by atoms with van der Waals surface area (Å²) in [5.74, 6) is 2.83. The van der Waals surface area contributed by atoms with Crippen molar-refractivity contribution in [3.05, 3.63) is 92.2 Å². The largest absolute Gasteiger partial charge is 0.493 e. The van der Waals surface area contributed by atoms with Crippen LogP contribution >= 0.6 is 11.3 Å². The van der Waals surface area contributed by atoms with Crippen molar-refractivity contribution >= 4 is 23.0 Å². The van der Waals surface area contributed by atoms with E-state index in [0.717, 1.165) is 46.7 Å². The molecule has 7 nitrogen and oxygen atoms in total. The fraction of sp³-hybridized carbons (Fsp3) is 0.583. The Morgan fingerprint density at radius 2 is 1.71 bits per heavy atom. The average Bonchev–Trinajstić information content (AvgIpc) is 3.72. The Bertz CT molecular complexity index is 1960. The van der Waals surface area contributed by atoms with Gasteiger partial charge in [0.1, 0.15) is 0 Å². The standard InChI is InChI=1S/C48H63NO6S/c1-30-9-8-21-47(5)39(37-17-12-32(23-36(50)16-10-30)24-38(37)45(52)43-19-11-31(2)56-43)20-22-48(47,53)29-49(28-34-14-15-35-27-40(34)46(35,3)4)44(51)26-33-13-18-41(54-6)42(25-33)55-7/h9,11-13,17-19,24-25,34-36,39-40,50,53H,8,10,14-16,20-23,26-29H2,1-7H3. The van der Waals surface area contributed by atoms with Crippen LogP contribution in [0.4, 0.5) is 0 Å². The number of aliphatic hydroxyl groups is 2. The van der Waals surface area contributed by atoms with E-state index in [1.54, 1.807) is 14.2 Å². The second-order valence-corrected chi connectivity index (χ2v) is 19.8. The highest BCUT2D eigenvalue weighted by Gasteiger charge is 2.59. The molecule has 0 saturated heterocycles. The molecule has 4 bridgehead atoms. The summed E-state index contributed by atoms with van der Waals surface area (Å²) in [7, 11) is 3.22. The quantitative estimate of drug-likeness (QED) is 0.157. The van der Waals surface area contributed by atoms with Gasteiger partial charge in [-0.3, -0.25) is 9.59 Å². The molecule has 0 radical (unpaired) electrons. The van der Waals surface area contributed by atoms with Crippen LogP contribution in [0.5, 0.6) is 11.5 Å². The number of hydrogen-bond acceptors (Lipinski definition) is 7. The Morgan fingerprint density at radius 3 is 2.41 bits per heavy atom. The van der Waals surface area contributed by atoms with Crippen LogP contribution in [0.3, 0.4) is 0 Å². The number of aliphatic hydroxyl groups excluding tert-OH is 1. The normalized spacial score (nSPS) is 29.7. The number of carbonyl (C=O) groups is 2. The number of ether oxygens (including phenoxy) is 2. The van der Waals surface area contributed by atoms with E-state index in [9.17, 15) is 19.8 Å². The third kappa shape index (κ3) is 7.75. The molecule has 302 valence electrons. The number of allylic oxidation sites excluding steroid dienone is 2. The number of methoxy groups -OCH3 is 2. The summed E-state index contributed by atoms with van der Waals surface area (Å²) >= 11 is 1.51. The molecule has 2 aromatic carbocycles. The first kappa shape index (κ1) is 40.7. The van der Waals surface area contributed by atoms with Crippen LogP contribution in [0.25, 0.3) is 0 Å². The van der Waals surface area contributed by atoms with Crippen molar-refractivity contribution in [2.45, 2.75) is 123 Å². The zero-order valence-corrected chi connectivity index (χ0v) is 35.5. The minimum Gasteiger partial charge on any atom is -0.493 e. The van der Waals surface area contributed by atoms with Crippen LogP contribution in [0.1, 0.15) is 128 Å². The Morgan fingerprint density at radius 1 is 0.929 bits per heavy atom. The average molecular weight is 782 g/mol. The van der Waals surface area contributed by atoms with Crippen LogP contribution in [-0.4, -0.2) is 65.8 Å². The summed E-state index contributed by atoms with van der Waals surface area (Å²) < 4.78 is 11.1. The lowest BCUT2D eigenvalue weighted by molar-refractivity contribution is -0.149. The van der Waals surface area contributed by atoms with E-state index in [-0.39, 0.29) is 36.0 Å². The Balaban J connectivity index is 1.27. The highest BCUT2D eigenvalue weighted by atomic mass is 32.1. The molecule has 4 fully saturated rings. The summed E-state index contributed by atoms with van der Waals surface area (Å²) in [6.45, 7) is 12.1. The Kier molecular flexibility index (Phi) is 11.7. The lowest BCUT2D eigenvalue weighted by Crippen LogP contribution is -2.58. The minimum absolute atomic E-state index is 0.000467. The minimum atomic E-state index is -1.19. The molecule has 1 amide bonds. The number of rotatable bonds is 10. The molecule has 6 aliphatic rings. The zero-order valence-electron chi connectivity index (χ0n) is 34.7. The maximum atomic E-state index is 14.7. The molecule has 1 heterocycles. The van der Waals surface area contributed by atoms with Gasteiger partial charge in [-0.15, -0.1) is 11.3 Å². The van der Waals surface area contributed by atoms with Gasteiger partial charge < -0.3 is 24.6 Å². The van der Waals surface area contributed by atoms with Gasteiger partial charge in [-0.05, 0) is 154 Å². The van der Waals surface area contributed by atoms with Gasteiger partial charge in [-0.25, -0.2) is 0 Å². The number of benzene rings is 2. The number of nitrogens with zero attached hydrogens (tertiary/aromatic N) is 1. The summed E-state index contributed by atoms with van der Waals surface area (Å²) in [5, 5.41) is 24.4. The van der Waals surface area contributed by atoms with Gasteiger partial charge >= 0.3 is 0 Å². The van der Waals surface area contributed by atoms with E-state index in [1.807, 2.05) is 48.2 Å². The van der Waals surface area contributed by atoms with Gasteiger partial charge in [-0.1, -0.05) is 50.6 Å². The summed E-state index contributed by atoms with van der Waals surface area (Å²) in [4.78, 5) is 33.0. The number of hydrogen-bond donors (Lipinski definition) is 2. The van der Waals surface area contributed by atoms with Crippen LogP contribution < -0.4 is 9.47 Å². The second-order valence-electron chi connectivity index (χ2n) is 18.5. The molecule has 9 rings (SSSR count). The van der Waals surface area contributed by atoms with Gasteiger partial charge in [0.25, 0.3) is 0 Å². The van der Waals surface area contributed by atoms with E-state index in [2.05, 4.69) is 45.9 Å². The summed E-state index contributed by atoms with van der Waals surface area (Å²) in [6, 6.07) is 15.8. The maximum Gasteiger partial charge on any atom is 0.227 e. The Labute approximate surface area is 338 Å². The van der Waals surface area contributed by atoms with Crippen molar-refractivity contribution in [2.75, 3.05) is 27.3 Å². The van der Waals surface area contributed by atoms with Crippen molar-refractivity contribution < 1.29 is 29.3 Å². The van der Waals surface area contributed by atoms with E-state index in [4.69, 9.17) is 9.47 Å². The maximum absolute atomic E-state index is 14.7. The number of thiophene rings is 1. The topological polar surface area (TPSA) is 96.3 Å². The van der Waals surface area contributed by atoms with Crippen molar-refractivity contribution in [3.8, 4) is 11.5 Å². The van der Waals surface area contributed by atoms with E-state index < -0.39 is 17.1 Å². The number of ketones is 1. The molecule has 0 aliphatic heterocycles. The molecule has 7 unspecified atom stereocenters. The van der Waals surface area contributed by atoms with Gasteiger partial charge in [0, 0.05) is 28.9 Å². The van der Waals surface area contributed by atoms with Crippen LogP contribution in [0, 0.1) is 35.5 Å². The first-order chi connectivity index (χ1) is 26.7. The molecule has 6 aliphatic carbocycles. The molecule has 56 heavy (non-hydrogen) atoms. The third-order valence-electron chi connectivity index (χ3n) is 14.9. The summed E-state index contributed by atoms with van der Waals surface area (Å²) in [5.41, 5.74) is 3.13. The third-order valence-corrected chi connectivity index (χ3v) is 15.9. The first-order valence-electron chi connectivity index (χ1n) is 20.9. The van der Waals surface area contributed by atoms with Crippen molar-refractivity contribution in [1.29, 1.82) is 0 Å². The van der Waals surface area contributed by atoms with E-state index in [0.29, 0.717) is 72.4 Å². The highest BCUT2D eigenvalue weighted by Crippen LogP contribution is 2.62. The molecule has 3 aromatic rings. The molecule has 2 N–H and O–H groups in total. The molecular weight excluding hydrogens is 719 g/mol. The van der Waals surface area contributed by atoms with Crippen molar-refractivity contribution in [2.24, 2.45) is 28.6 Å². The fourth-order valence-electron chi connectivity index (χ4n) is 11.2. The number of amides is 1. The Hall–Kier alpha value is -3.46. The smallest absolute Gasteiger partial charge is 0.227 e. The predicted octanol–water partition coefficient (Wildman–Crippen LogP) is 9.49. The highest BCUT2D eigenvalue weighted by molar-refractivity contribution is 7.14.